The molecule has 0 aromatic heterocycles. The second-order valence-electron chi connectivity index (χ2n) is 4.40. The molecule has 2 heteroatoms. The van der Waals surface area contributed by atoms with Crippen molar-refractivity contribution < 1.29 is 4.74 Å². The number of hydrogen-bond acceptors (Lipinski definition) is 2. The molecule has 1 saturated carbocycles. The lowest BCUT2D eigenvalue weighted by molar-refractivity contribution is 0.0793. The van der Waals surface area contributed by atoms with E-state index in [2.05, 4.69) is 25.9 Å². The summed E-state index contributed by atoms with van der Waals surface area (Å²) < 4.78 is 5.72. The lowest BCUT2D eigenvalue weighted by atomic mass is 10.0. The van der Waals surface area contributed by atoms with Crippen LogP contribution < -0.4 is 0 Å². The largest absolute Gasteiger partial charge is 0.378 e. The van der Waals surface area contributed by atoms with Crippen molar-refractivity contribution in [2.24, 2.45) is 5.92 Å². The molecule has 1 atom stereocenters. The van der Waals surface area contributed by atoms with Crippen LogP contribution >= 0.6 is 0 Å². The summed E-state index contributed by atoms with van der Waals surface area (Å²) in [5.74, 6) is 0.767. The summed E-state index contributed by atoms with van der Waals surface area (Å²) in [5.41, 5.74) is 0. The predicted octanol–water partition coefficient (Wildman–Crippen LogP) is 2.14. The van der Waals surface area contributed by atoms with E-state index in [0.29, 0.717) is 6.10 Å². The Morgan fingerprint density at radius 3 is 2.54 bits per heavy atom. The Morgan fingerprint density at radius 2 is 2.08 bits per heavy atom. The number of rotatable bonds is 7. The van der Waals surface area contributed by atoms with Crippen molar-refractivity contribution >= 4 is 0 Å². The molecule has 2 nitrogen and oxygen atoms in total. The van der Waals surface area contributed by atoms with Gasteiger partial charge in [0.05, 0.1) is 6.10 Å². The van der Waals surface area contributed by atoms with Crippen molar-refractivity contribution in [1.29, 1.82) is 0 Å². The summed E-state index contributed by atoms with van der Waals surface area (Å²) in [6.45, 7) is 4.43. The molecule has 0 bridgehead atoms. The van der Waals surface area contributed by atoms with Crippen molar-refractivity contribution in [1.82, 2.24) is 4.90 Å². The van der Waals surface area contributed by atoms with Gasteiger partial charge >= 0.3 is 0 Å². The van der Waals surface area contributed by atoms with Gasteiger partial charge in [0.2, 0.25) is 0 Å². The van der Waals surface area contributed by atoms with Crippen molar-refractivity contribution in [3.05, 3.63) is 0 Å². The fourth-order valence-electron chi connectivity index (χ4n) is 1.35. The van der Waals surface area contributed by atoms with E-state index in [-0.39, 0.29) is 0 Å². The molecule has 13 heavy (non-hydrogen) atoms. The van der Waals surface area contributed by atoms with E-state index < -0.39 is 0 Å². The lowest BCUT2D eigenvalue weighted by Gasteiger charge is -2.17. The van der Waals surface area contributed by atoms with Gasteiger partial charge in [0.1, 0.15) is 0 Å². The second-order valence-corrected chi connectivity index (χ2v) is 4.40. The molecule has 1 aliphatic rings. The first-order valence-corrected chi connectivity index (χ1v) is 5.48. The highest BCUT2D eigenvalue weighted by Gasteiger charge is 2.23. The zero-order valence-electron chi connectivity index (χ0n) is 9.25. The zero-order valence-corrected chi connectivity index (χ0v) is 9.25. The van der Waals surface area contributed by atoms with E-state index in [1.807, 2.05) is 0 Å². The molecule has 0 radical (unpaired) electrons. The van der Waals surface area contributed by atoms with Crippen LogP contribution in [0, 0.1) is 5.92 Å². The topological polar surface area (TPSA) is 12.5 Å². The first kappa shape index (κ1) is 11.0. The van der Waals surface area contributed by atoms with Crippen LogP contribution in [0.2, 0.25) is 0 Å². The third-order valence-corrected chi connectivity index (χ3v) is 2.65. The van der Waals surface area contributed by atoms with Crippen molar-refractivity contribution in [2.45, 2.75) is 38.7 Å². The van der Waals surface area contributed by atoms with Gasteiger partial charge in [-0.15, -0.1) is 0 Å². The summed E-state index contributed by atoms with van der Waals surface area (Å²) in [7, 11) is 4.27. The molecule has 1 aliphatic carbocycles. The molecular formula is C11H23NO. The average molecular weight is 185 g/mol. The van der Waals surface area contributed by atoms with Crippen LogP contribution in [-0.2, 0) is 4.74 Å². The van der Waals surface area contributed by atoms with Crippen LogP contribution in [0.15, 0.2) is 0 Å². The maximum atomic E-state index is 5.72. The van der Waals surface area contributed by atoms with E-state index >= 15 is 0 Å². The van der Waals surface area contributed by atoms with Crippen LogP contribution in [0.5, 0.6) is 0 Å². The van der Waals surface area contributed by atoms with Gasteiger partial charge in [0.25, 0.3) is 0 Å². The van der Waals surface area contributed by atoms with E-state index in [4.69, 9.17) is 4.74 Å². The molecule has 1 unspecified atom stereocenters. The molecule has 78 valence electrons. The van der Waals surface area contributed by atoms with Crippen molar-refractivity contribution in [2.75, 3.05) is 27.2 Å². The van der Waals surface area contributed by atoms with E-state index in [1.54, 1.807) is 0 Å². The zero-order chi connectivity index (χ0) is 9.68. The molecule has 0 spiro atoms. The van der Waals surface area contributed by atoms with Gasteiger partial charge in [-0.1, -0.05) is 13.3 Å². The SMILES string of the molecule is CCC(CCN(C)C)COC1CC1. The minimum Gasteiger partial charge on any atom is -0.378 e. The Hall–Kier alpha value is -0.0800. The third-order valence-electron chi connectivity index (χ3n) is 2.65. The smallest absolute Gasteiger partial charge is 0.0577 e. The monoisotopic (exact) mass is 185 g/mol. The Bertz CT molecular complexity index is 126. The van der Waals surface area contributed by atoms with Gasteiger partial charge in [-0.25, -0.2) is 0 Å². The molecule has 0 heterocycles. The van der Waals surface area contributed by atoms with E-state index in [1.165, 1.54) is 32.2 Å². The predicted molar refractivity (Wildman–Crippen MR) is 55.9 cm³/mol. The molecule has 0 N–H and O–H groups in total. The average Bonchev–Trinajstić information content (AvgIpc) is 2.88. The highest BCUT2D eigenvalue weighted by molar-refractivity contribution is 4.73. The van der Waals surface area contributed by atoms with Crippen LogP contribution in [0.3, 0.4) is 0 Å². The number of nitrogens with zero attached hydrogens (tertiary/aromatic N) is 1. The maximum absolute atomic E-state index is 5.72. The molecular weight excluding hydrogens is 162 g/mol. The summed E-state index contributed by atoms with van der Waals surface area (Å²) in [6, 6.07) is 0. The quantitative estimate of drug-likeness (QED) is 0.602. The van der Waals surface area contributed by atoms with Gasteiger partial charge in [-0.3, -0.25) is 0 Å². The van der Waals surface area contributed by atoms with Crippen LogP contribution in [-0.4, -0.2) is 38.3 Å². The van der Waals surface area contributed by atoms with Gasteiger partial charge in [0, 0.05) is 6.61 Å². The third kappa shape index (κ3) is 5.27. The summed E-state index contributed by atoms with van der Waals surface area (Å²) in [6.07, 6.45) is 5.73. The van der Waals surface area contributed by atoms with Gasteiger partial charge in [0.15, 0.2) is 0 Å². The minimum atomic E-state index is 0.619. The highest BCUT2D eigenvalue weighted by atomic mass is 16.5. The maximum Gasteiger partial charge on any atom is 0.0577 e. The molecule has 0 aromatic carbocycles. The van der Waals surface area contributed by atoms with Crippen LogP contribution in [0.1, 0.15) is 32.6 Å². The summed E-state index contributed by atoms with van der Waals surface area (Å²) in [5, 5.41) is 0. The molecule has 1 rings (SSSR count). The van der Waals surface area contributed by atoms with E-state index in [9.17, 15) is 0 Å². The first-order chi connectivity index (χ1) is 6.22. The van der Waals surface area contributed by atoms with Gasteiger partial charge < -0.3 is 9.64 Å². The Balaban J connectivity index is 2.02. The Labute approximate surface area is 82.3 Å². The number of ether oxygens (including phenoxy) is 1. The van der Waals surface area contributed by atoms with Crippen molar-refractivity contribution in [3.63, 3.8) is 0 Å². The van der Waals surface area contributed by atoms with Crippen LogP contribution in [0.25, 0.3) is 0 Å². The first-order valence-electron chi connectivity index (χ1n) is 5.48. The van der Waals surface area contributed by atoms with Gasteiger partial charge in [-0.2, -0.15) is 0 Å². The lowest BCUT2D eigenvalue weighted by Crippen LogP contribution is -2.19. The normalized spacial score (nSPS) is 19.4. The molecule has 0 saturated heterocycles. The molecule has 0 amide bonds. The second kappa shape index (κ2) is 5.61. The number of hydrogen-bond donors (Lipinski definition) is 0. The van der Waals surface area contributed by atoms with Crippen LogP contribution in [0.4, 0.5) is 0 Å². The van der Waals surface area contributed by atoms with E-state index in [0.717, 1.165) is 12.5 Å². The molecule has 0 aliphatic heterocycles. The molecule has 0 aromatic rings. The Morgan fingerprint density at radius 1 is 1.38 bits per heavy atom. The Kier molecular flexibility index (Phi) is 4.74. The standard InChI is InChI=1S/C11H23NO/c1-4-10(7-8-12(2)3)9-13-11-5-6-11/h10-11H,4-9H2,1-3H3. The summed E-state index contributed by atoms with van der Waals surface area (Å²) in [4.78, 5) is 2.25. The van der Waals surface area contributed by atoms with Gasteiger partial charge in [-0.05, 0) is 45.8 Å². The fraction of sp³-hybridized carbons (Fsp3) is 1.00. The van der Waals surface area contributed by atoms with Crippen molar-refractivity contribution in [3.8, 4) is 0 Å². The highest BCUT2D eigenvalue weighted by Crippen LogP contribution is 2.25. The minimum absolute atomic E-state index is 0.619. The summed E-state index contributed by atoms with van der Waals surface area (Å²) >= 11 is 0. The fourth-order valence-corrected chi connectivity index (χ4v) is 1.35. The molecule has 1 fully saturated rings.